The molecule has 1 aromatic heterocycles. The van der Waals surface area contributed by atoms with Crippen LogP contribution in [0.2, 0.25) is 0 Å². The molecule has 0 spiro atoms. The molecule has 10 heteroatoms. The van der Waals surface area contributed by atoms with Gasteiger partial charge in [-0.25, -0.2) is 8.42 Å². The molecular formula is C23H25N3O6S. The molecule has 0 radical (unpaired) electrons. The molecule has 0 saturated heterocycles. The first kappa shape index (κ1) is 24.0. The number of aromatic nitrogens is 1. The zero-order valence-corrected chi connectivity index (χ0v) is 19.2. The van der Waals surface area contributed by atoms with Crippen molar-refractivity contribution >= 4 is 15.7 Å². The molecule has 1 amide bonds. The second-order valence-electron chi connectivity index (χ2n) is 7.51. The van der Waals surface area contributed by atoms with Crippen molar-refractivity contribution in [1.29, 1.82) is 0 Å². The summed E-state index contributed by atoms with van der Waals surface area (Å²) in [6.07, 6.45) is 1.64. The Morgan fingerprint density at radius 1 is 1.12 bits per heavy atom. The molecule has 2 aromatic carbocycles. The van der Waals surface area contributed by atoms with E-state index >= 15 is 0 Å². The molecule has 0 aliphatic rings. The SMILES string of the molecule is Cc1c(CCNC(=O)CCO[N+](=O)[O-])cc(-c2ccc(S(C)(=O)=O)cc2)n1-c1ccccc1. The average molecular weight is 472 g/mol. The van der Waals surface area contributed by atoms with Crippen LogP contribution in [0.1, 0.15) is 17.7 Å². The Hall–Kier alpha value is -3.66. The van der Waals surface area contributed by atoms with Crippen molar-refractivity contribution in [3.8, 4) is 16.9 Å². The largest absolute Gasteiger partial charge is 0.356 e. The molecule has 33 heavy (non-hydrogen) atoms. The maximum Gasteiger partial charge on any atom is 0.294 e. The van der Waals surface area contributed by atoms with Crippen molar-refractivity contribution < 1.29 is 23.1 Å². The van der Waals surface area contributed by atoms with E-state index in [0.717, 1.165) is 28.2 Å². The van der Waals surface area contributed by atoms with Gasteiger partial charge in [-0.15, -0.1) is 10.1 Å². The van der Waals surface area contributed by atoms with Gasteiger partial charge in [0.1, 0.15) is 6.61 Å². The van der Waals surface area contributed by atoms with Crippen molar-refractivity contribution in [1.82, 2.24) is 9.88 Å². The van der Waals surface area contributed by atoms with Crippen molar-refractivity contribution in [2.45, 2.75) is 24.7 Å². The van der Waals surface area contributed by atoms with Crippen LogP contribution in [-0.2, 0) is 25.9 Å². The summed E-state index contributed by atoms with van der Waals surface area (Å²) in [5.41, 5.74) is 4.74. The Kier molecular flexibility index (Phi) is 7.49. The molecule has 3 aromatic rings. The molecular weight excluding hydrogens is 446 g/mol. The molecule has 0 atom stereocenters. The van der Waals surface area contributed by atoms with Gasteiger partial charge in [0.15, 0.2) is 9.84 Å². The van der Waals surface area contributed by atoms with Crippen LogP contribution in [0.4, 0.5) is 0 Å². The van der Waals surface area contributed by atoms with Gasteiger partial charge in [0, 0.05) is 24.2 Å². The predicted molar refractivity (Wildman–Crippen MR) is 123 cm³/mol. The van der Waals surface area contributed by atoms with Gasteiger partial charge in [0.2, 0.25) is 5.91 Å². The Bertz CT molecular complexity index is 1240. The summed E-state index contributed by atoms with van der Waals surface area (Å²) in [5.74, 6) is -0.325. The normalized spacial score (nSPS) is 11.2. The van der Waals surface area contributed by atoms with E-state index in [1.807, 2.05) is 43.3 Å². The maximum absolute atomic E-state index is 11.9. The van der Waals surface area contributed by atoms with Crippen LogP contribution < -0.4 is 5.32 Å². The van der Waals surface area contributed by atoms with E-state index in [-0.39, 0.29) is 23.8 Å². The smallest absolute Gasteiger partial charge is 0.294 e. The molecule has 0 unspecified atom stereocenters. The van der Waals surface area contributed by atoms with E-state index in [4.69, 9.17) is 0 Å². The molecule has 0 bridgehead atoms. The lowest BCUT2D eigenvalue weighted by atomic mass is 10.1. The highest BCUT2D eigenvalue weighted by Crippen LogP contribution is 2.30. The first-order chi connectivity index (χ1) is 15.7. The minimum atomic E-state index is -3.29. The summed E-state index contributed by atoms with van der Waals surface area (Å²) < 4.78 is 25.7. The van der Waals surface area contributed by atoms with E-state index in [1.165, 1.54) is 6.26 Å². The molecule has 1 N–H and O–H groups in total. The van der Waals surface area contributed by atoms with Crippen molar-refractivity contribution in [3.05, 3.63) is 82.0 Å². The Labute approximate surface area is 192 Å². The standard InChI is InChI=1S/C23H25N3O6S/c1-17-19(12-14-24-23(27)13-15-32-26(28)29)16-22(25(17)20-6-4-3-5-7-20)18-8-10-21(11-9-18)33(2,30)31/h3-11,16H,12-15H2,1-2H3,(H,24,27). The lowest BCUT2D eigenvalue weighted by Gasteiger charge is -2.13. The lowest BCUT2D eigenvalue weighted by Crippen LogP contribution is -2.27. The summed E-state index contributed by atoms with van der Waals surface area (Å²) in [5, 5.41) is 12.0. The highest BCUT2D eigenvalue weighted by atomic mass is 32.2. The Morgan fingerprint density at radius 3 is 2.39 bits per heavy atom. The van der Waals surface area contributed by atoms with Gasteiger partial charge >= 0.3 is 0 Å². The number of para-hydroxylation sites is 1. The monoisotopic (exact) mass is 471 g/mol. The number of nitrogens with one attached hydrogen (secondary N) is 1. The van der Waals surface area contributed by atoms with Gasteiger partial charge in [-0.3, -0.25) is 4.79 Å². The van der Waals surface area contributed by atoms with Crippen LogP contribution in [0.25, 0.3) is 16.9 Å². The molecule has 3 rings (SSSR count). The summed E-state index contributed by atoms with van der Waals surface area (Å²) in [6.45, 7) is 2.07. The van der Waals surface area contributed by atoms with Gasteiger partial charge < -0.3 is 14.7 Å². The topological polar surface area (TPSA) is 121 Å². The number of nitrogens with zero attached hydrogens (tertiary/aromatic N) is 2. The van der Waals surface area contributed by atoms with Gasteiger partial charge in [-0.05, 0) is 54.8 Å². The second-order valence-corrected chi connectivity index (χ2v) is 9.53. The zero-order valence-electron chi connectivity index (χ0n) is 18.4. The minimum absolute atomic E-state index is 0.0943. The maximum atomic E-state index is 11.9. The fourth-order valence-corrected chi connectivity index (χ4v) is 4.17. The third-order valence-electron chi connectivity index (χ3n) is 5.19. The first-order valence-electron chi connectivity index (χ1n) is 10.3. The number of carbonyl (C=O) groups excluding carboxylic acids is 1. The molecule has 0 aliphatic carbocycles. The summed E-state index contributed by atoms with van der Waals surface area (Å²) in [4.78, 5) is 26.4. The van der Waals surface area contributed by atoms with Gasteiger partial charge in [-0.1, -0.05) is 30.3 Å². The highest BCUT2D eigenvalue weighted by Gasteiger charge is 2.16. The third-order valence-corrected chi connectivity index (χ3v) is 6.32. The van der Waals surface area contributed by atoms with Crippen molar-refractivity contribution in [2.75, 3.05) is 19.4 Å². The van der Waals surface area contributed by atoms with Crippen LogP contribution in [0.3, 0.4) is 0 Å². The quantitative estimate of drug-likeness (QED) is 0.358. The van der Waals surface area contributed by atoms with Crippen LogP contribution in [-0.4, -0.2) is 43.4 Å². The minimum Gasteiger partial charge on any atom is -0.356 e. The summed E-state index contributed by atoms with van der Waals surface area (Å²) >= 11 is 0. The fourth-order valence-electron chi connectivity index (χ4n) is 3.54. The average Bonchev–Trinajstić information content (AvgIpc) is 3.10. The first-order valence-corrected chi connectivity index (χ1v) is 12.2. The lowest BCUT2D eigenvalue weighted by molar-refractivity contribution is -0.757. The Balaban J connectivity index is 1.84. The molecule has 1 heterocycles. The van der Waals surface area contributed by atoms with E-state index < -0.39 is 14.9 Å². The van der Waals surface area contributed by atoms with Crippen LogP contribution in [0, 0.1) is 17.0 Å². The number of hydrogen-bond donors (Lipinski definition) is 1. The number of rotatable bonds is 10. The molecule has 9 nitrogen and oxygen atoms in total. The zero-order chi connectivity index (χ0) is 24.0. The number of hydrogen-bond acceptors (Lipinski definition) is 6. The molecule has 174 valence electrons. The van der Waals surface area contributed by atoms with Gasteiger partial charge in [0.05, 0.1) is 17.0 Å². The highest BCUT2D eigenvalue weighted by molar-refractivity contribution is 7.90. The number of sulfone groups is 1. The third kappa shape index (κ3) is 6.19. The van der Waals surface area contributed by atoms with Crippen LogP contribution in [0.5, 0.6) is 0 Å². The summed E-state index contributed by atoms with van der Waals surface area (Å²) in [7, 11) is -3.29. The molecule has 0 fully saturated rings. The summed E-state index contributed by atoms with van der Waals surface area (Å²) in [6, 6.07) is 18.6. The van der Waals surface area contributed by atoms with Crippen LogP contribution in [0.15, 0.2) is 65.6 Å². The molecule has 0 saturated carbocycles. The molecule has 0 aliphatic heterocycles. The van der Waals surface area contributed by atoms with E-state index in [1.54, 1.807) is 24.3 Å². The van der Waals surface area contributed by atoms with E-state index in [0.29, 0.717) is 13.0 Å². The second kappa shape index (κ2) is 10.3. The Morgan fingerprint density at radius 2 is 1.79 bits per heavy atom. The van der Waals surface area contributed by atoms with Gasteiger partial charge in [-0.2, -0.15) is 0 Å². The van der Waals surface area contributed by atoms with Crippen molar-refractivity contribution in [3.63, 3.8) is 0 Å². The number of amides is 1. The predicted octanol–water partition coefficient (Wildman–Crippen LogP) is 3.11. The van der Waals surface area contributed by atoms with E-state index in [2.05, 4.69) is 14.7 Å². The van der Waals surface area contributed by atoms with Crippen LogP contribution >= 0.6 is 0 Å². The van der Waals surface area contributed by atoms with E-state index in [9.17, 15) is 23.3 Å². The number of carbonyl (C=O) groups is 1. The van der Waals surface area contributed by atoms with Gasteiger partial charge in [0.25, 0.3) is 5.09 Å². The number of benzene rings is 2. The fraction of sp³-hybridized carbons (Fsp3) is 0.261. The van der Waals surface area contributed by atoms with Crippen molar-refractivity contribution in [2.24, 2.45) is 0 Å².